The van der Waals surface area contributed by atoms with Crippen molar-refractivity contribution in [2.24, 2.45) is 0 Å². The predicted octanol–water partition coefficient (Wildman–Crippen LogP) is 4.10. The fraction of sp³-hybridized carbons (Fsp3) is 0.286. The van der Waals surface area contributed by atoms with Crippen molar-refractivity contribution in [3.05, 3.63) is 107 Å². The topological polar surface area (TPSA) is 168 Å². The lowest BCUT2D eigenvalue weighted by atomic mass is 10.1. The number of nitro groups is 1. The van der Waals surface area contributed by atoms with Gasteiger partial charge in [0.2, 0.25) is 5.88 Å². The Morgan fingerprint density at radius 1 is 1.02 bits per heavy atom. The summed E-state index contributed by atoms with van der Waals surface area (Å²) in [6, 6.07) is 20.8. The molecule has 0 saturated carbocycles. The number of fused-ring (bicyclic) bond motifs is 5. The number of anilines is 1. The minimum absolute atomic E-state index is 0.0577. The molecule has 2 aromatic heterocycles. The van der Waals surface area contributed by atoms with Crippen molar-refractivity contribution >= 4 is 33.0 Å². The Hall–Kier alpha value is -5.58. The van der Waals surface area contributed by atoms with E-state index in [-0.39, 0.29) is 57.5 Å². The summed E-state index contributed by atoms with van der Waals surface area (Å²) in [4.78, 5) is 30.9. The van der Waals surface area contributed by atoms with Gasteiger partial charge in [-0.25, -0.2) is 12.9 Å². The van der Waals surface area contributed by atoms with Crippen LogP contribution >= 0.6 is 0 Å². The molecule has 4 bridgehead atoms. The van der Waals surface area contributed by atoms with Gasteiger partial charge in [-0.1, -0.05) is 42.5 Å². The molecule has 0 N–H and O–H groups in total. The van der Waals surface area contributed by atoms with Gasteiger partial charge in [-0.05, 0) is 29.3 Å². The molecule has 16 heteroatoms. The zero-order valence-electron chi connectivity index (χ0n) is 27.5. The van der Waals surface area contributed by atoms with Crippen LogP contribution in [0.2, 0.25) is 0 Å². The van der Waals surface area contributed by atoms with E-state index >= 15 is 0 Å². The number of amides is 1. The molecule has 264 valence electrons. The van der Waals surface area contributed by atoms with Crippen LogP contribution in [0.15, 0.2) is 96.2 Å². The fourth-order valence-electron chi connectivity index (χ4n) is 6.26. The third kappa shape index (κ3) is 6.93. The van der Waals surface area contributed by atoms with Crippen molar-refractivity contribution in [2.75, 3.05) is 44.3 Å². The van der Waals surface area contributed by atoms with Gasteiger partial charge in [0.1, 0.15) is 25.1 Å². The molecule has 2 aliphatic heterocycles. The van der Waals surface area contributed by atoms with Gasteiger partial charge in [0.25, 0.3) is 21.6 Å². The van der Waals surface area contributed by atoms with Gasteiger partial charge in [0, 0.05) is 50.0 Å². The van der Waals surface area contributed by atoms with Gasteiger partial charge < -0.3 is 23.8 Å². The van der Waals surface area contributed by atoms with Crippen LogP contribution in [0.25, 0.3) is 16.8 Å². The Balaban J connectivity index is 1.38. The summed E-state index contributed by atoms with van der Waals surface area (Å²) in [5.74, 6) is 0.307. The molecular weight excluding hydrogens is 680 g/mol. The van der Waals surface area contributed by atoms with Crippen molar-refractivity contribution < 1.29 is 37.1 Å². The molecule has 7 rings (SSSR count). The van der Waals surface area contributed by atoms with E-state index in [0.717, 1.165) is 15.9 Å². The van der Waals surface area contributed by atoms with Crippen LogP contribution in [0.5, 0.6) is 11.6 Å². The molecule has 1 saturated heterocycles. The van der Waals surface area contributed by atoms with Gasteiger partial charge >= 0.3 is 0 Å². The Labute approximate surface area is 293 Å². The third-order valence-electron chi connectivity index (χ3n) is 8.77. The number of nitro benzene ring substituents is 1. The lowest BCUT2D eigenvalue weighted by Crippen LogP contribution is -2.44. The maximum atomic E-state index is 14.6. The molecule has 5 aromatic rings. The highest BCUT2D eigenvalue weighted by Crippen LogP contribution is 2.37. The average Bonchev–Trinajstić information content (AvgIpc) is 3.70. The van der Waals surface area contributed by atoms with Crippen LogP contribution in [0.3, 0.4) is 0 Å². The van der Waals surface area contributed by atoms with E-state index < -0.39 is 37.7 Å². The van der Waals surface area contributed by atoms with E-state index in [4.69, 9.17) is 23.9 Å². The van der Waals surface area contributed by atoms with E-state index in [0.29, 0.717) is 28.4 Å². The minimum Gasteiger partial charge on any atom is -0.489 e. The molecule has 51 heavy (non-hydrogen) atoms. The number of hydrogen-bond acceptors (Lipinski definition) is 11. The number of sulfonamides is 1. The Bertz CT molecular complexity index is 2180. The number of hydrogen-bond donors (Lipinski definition) is 0. The molecule has 0 aliphatic carbocycles. The van der Waals surface area contributed by atoms with Crippen LogP contribution in [-0.4, -0.2) is 90.9 Å². The highest BCUT2D eigenvalue weighted by molar-refractivity contribution is 7.93. The van der Waals surface area contributed by atoms with E-state index in [9.17, 15) is 23.3 Å². The van der Waals surface area contributed by atoms with E-state index in [1.807, 2.05) is 30.3 Å². The van der Waals surface area contributed by atoms with Gasteiger partial charge in [-0.15, -0.1) is 0 Å². The summed E-state index contributed by atoms with van der Waals surface area (Å²) in [5, 5.41) is 16.5. The first-order valence-corrected chi connectivity index (χ1v) is 17.6. The van der Waals surface area contributed by atoms with E-state index in [1.165, 1.54) is 30.2 Å². The number of benzene rings is 3. The maximum Gasteiger partial charge on any atom is 0.289 e. The molecule has 1 fully saturated rings. The fourth-order valence-corrected chi connectivity index (χ4v) is 7.86. The number of carbonyl (C=O) groups is 1. The number of aromatic nitrogens is 3. The summed E-state index contributed by atoms with van der Waals surface area (Å²) in [7, 11) is -3.08. The van der Waals surface area contributed by atoms with Crippen LogP contribution in [-0.2, 0) is 30.9 Å². The predicted molar refractivity (Wildman–Crippen MR) is 184 cm³/mol. The number of nitrogens with zero attached hydrogens (tertiary/aromatic N) is 6. The second kappa shape index (κ2) is 14.3. The molecule has 0 unspecified atom stereocenters. The highest BCUT2D eigenvalue weighted by atomic mass is 32.2. The molecule has 3 aromatic carbocycles. The molecule has 4 heterocycles. The second-order valence-corrected chi connectivity index (χ2v) is 13.8. The first kappa shape index (κ1) is 33.9. The molecule has 0 radical (unpaired) electrons. The normalized spacial score (nSPS) is 17.6. The van der Waals surface area contributed by atoms with Crippen molar-refractivity contribution in [2.45, 2.75) is 30.1 Å². The minimum atomic E-state index is -4.61. The number of rotatable bonds is 10. The zero-order chi connectivity index (χ0) is 35.5. The summed E-state index contributed by atoms with van der Waals surface area (Å²) in [5.41, 5.74) is 1.99. The van der Waals surface area contributed by atoms with Gasteiger partial charge in [0.05, 0.1) is 42.6 Å². The maximum absolute atomic E-state index is 14.6. The molecule has 1 amide bonds. The van der Waals surface area contributed by atoms with E-state index in [2.05, 4.69) is 5.10 Å². The Kier molecular flexibility index (Phi) is 9.53. The SMILES string of the molecule is COCCO[C@@H]1C[C@H]2COc3ccn4ncc(c4n3)-c3cc(OCc4ccccc4)cc(c3)N(S(=O)(=O)c3ccccc3[N+](=O)[O-])CCN2C1=O. The smallest absolute Gasteiger partial charge is 0.289 e. The quantitative estimate of drug-likeness (QED) is 0.116. The first-order chi connectivity index (χ1) is 24.7. The standard InChI is InChI=1S/C35H34N6O9S/c1-47-15-16-48-31-20-27-23-50-33-11-12-39-34(37-33)29(21-36-39)25-17-26(19-28(18-25)49-22-24-7-3-2-4-8-24)40(14-13-38(27)35(31)42)51(45,46)32-10-6-5-9-30(32)41(43)44/h2-12,17-19,21,27,31H,13-16,20,22-23H2,1H3/t27-,31+/m0/s1. The van der Waals surface area contributed by atoms with E-state index in [1.54, 1.807) is 41.2 Å². The Morgan fingerprint density at radius 3 is 2.63 bits per heavy atom. The van der Waals surface area contributed by atoms with Crippen LogP contribution < -0.4 is 13.8 Å². The number of methoxy groups -OCH3 is 1. The average molecular weight is 715 g/mol. The molecule has 2 aliphatic rings. The molecule has 2 atom stereocenters. The number of para-hydroxylation sites is 1. The Morgan fingerprint density at radius 2 is 1.82 bits per heavy atom. The summed E-state index contributed by atoms with van der Waals surface area (Å²) < 4.78 is 55.2. The monoisotopic (exact) mass is 714 g/mol. The second-order valence-electron chi connectivity index (χ2n) is 12.0. The lowest BCUT2D eigenvalue weighted by Gasteiger charge is -2.30. The number of carbonyl (C=O) groups excluding carboxylic acids is 1. The van der Waals surface area contributed by atoms with Crippen molar-refractivity contribution in [1.29, 1.82) is 0 Å². The third-order valence-corrected chi connectivity index (χ3v) is 10.6. The largest absolute Gasteiger partial charge is 0.489 e. The van der Waals surface area contributed by atoms with Crippen molar-refractivity contribution in [3.8, 4) is 22.8 Å². The van der Waals surface area contributed by atoms with Gasteiger partial charge in [0.15, 0.2) is 10.5 Å². The summed E-state index contributed by atoms with van der Waals surface area (Å²) >= 11 is 0. The molecule has 0 spiro atoms. The van der Waals surface area contributed by atoms with Crippen LogP contribution in [0.1, 0.15) is 12.0 Å². The van der Waals surface area contributed by atoms with Crippen molar-refractivity contribution in [3.63, 3.8) is 0 Å². The first-order valence-electron chi connectivity index (χ1n) is 16.2. The van der Waals surface area contributed by atoms with Gasteiger partial charge in [-0.2, -0.15) is 10.1 Å². The summed E-state index contributed by atoms with van der Waals surface area (Å²) in [6.45, 7) is 0.383. The van der Waals surface area contributed by atoms with Crippen molar-refractivity contribution in [1.82, 2.24) is 19.5 Å². The highest BCUT2D eigenvalue weighted by Gasteiger charge is 2.42. The summed E-state index contributed by atoms with van der Waals surface area (Å²) in [6.07, 6.45) is 2.79. The van der Waals surface area contributed by atoms with Crippen LogP contribution in [0.4, 0.5) is 11.4 Å². The molecule has 15 nitrogen and oxygen atoms in total. The van der Waals surface area contributed by atoms with Gasteiger partial charge in [-0.3, -0.25) is 19.2 Å². The number of ether oxygens (including phenoxy) is 4. The van der Waals surface area contributed by atoms with Crippen LogP contribution in [0, 0.1) is 10.1 Å². The zero-order valence-corrected chi connectivity index (χ0v) is 28.3. The molecular formula is C35H34N6O9S. The lowest BCUT2D eigenvalue weighted by molar-refractivity contribution is -0.387.